The molecule has 3 N–H and O–H groups in total. The second kappa shape index (κ2) is 7.11. The van der Waals surface area contributed by atoms with Gasteiger partial charge in [0, 0.05) is 0 Å². The number of nitrogens with zero attached hydrogens (tertiary/aromatic N) is 4. The monoisotopic (exact) mass is 363 g/mol. The van der Waals surface area contributed by atoms with Crippen LogP contribution in [0, 0.1) is 0 Å². The van der Waals surface area contributed by atoms with Crippen LogP contribution < -0.4 is 10.5 Å². The van der Waals surface area contributed by atoms with Gasteiger partial charge in [-0.3, -0.25) is 4.57 Å². The van der Waals surface area contributed by atoms with Crippen LogP contribution in [0.15, 0.2) is 42.5 Å². The van der Waals surface area contributed by atoms with Crippen molar-refractivity contribution in [2.24, 2.45) is 0 Å². The van der Waals surface area contributed by atoms with E-state index in [0.29, 0.717) is 24.3 Å². The number of imidazole rings is 1. The molecule has 0 amide bonds. The molecule has 0 radical (unpaired) electrons. The highest BCUT2D eigenvalue weighted by Gasteiger charge is 2.17. The summed E-state index contributed by atoms with van der Waals surface area (Å²) in [4.78, 5) is 12.7. The quantitative estimate of drug-likeness (QED) is 0.509. The molecular weight excluding hydrogens is 342 g/mol. The average Bonchev–Trinajstić information content (AvgIpc) is 2.99. The minimum Gasteiger partial charge on any atom is -0.480 e. The number of aromatic nitrogens is 4. The number of rotatable bonds is 6. The molecule has 0 fully saturated rings. The van der Waals surface area contributed by atoms with Crippen LogP contribution in [0.25, 0.3) is 21.9 Å². The number of hydrogen-bond acceptors (Lipinski definition) is 6. The van der Waals surface area contributed by atoms with Gasteiger partial charge in [0.2, 0.25) is 0 Å². The van der Waals surface area contributed by atoms with Gasteiger partial charge < -0.3 is 15.6 Å². The van der Waals surface area contributed by atoms with Crippen molar-refractivity contribution in [1.82, 2.24) is 19.5 Å². The standard InChI is InChI=1S/C20H21N5O2/c1-2-3-11-27-19-23-17(21)16-18(24-19)25(20(26)22-16)12-14-9-6-8-13-7-4-5-10-15(13)14/h4-10H,2-3,11-12H2,1H3,(H,22,26)(H2,21,23,24). The molecule has 4 rings (SSSR count). The summed E-state index contributed by atoms with van der Waals surface area (Å²) in [7, 11) is 0. The molecule has 2 aromatic heterocycles. The molecule has 0 aliphatic heterocycles. The number of nitrogens with two attached hydrogens (primary N) is 1. The number of aromatic hydroxyl groups is 1. The van der Waals surface area contributed by atoms with Crippen LogP contribution in [-0.2, 0) is 6.54 Å². The van der Waals surface area contributed by atoms with Crippen molar-refractivity contribution in [3.8, 4) is 12.0 Å². The lowest BCUT2D eigenvalue weighted by atomic mass is 10.0. The van der Waals surface area contributed by atoms with Crippen LogP contribution in [0.5, 0.6) is 12.0 Å². The summed E-state index contributed by atoms with van der Waals surface area (Å²) < 4.78 is 7.22. The normalized spacial score (nSPS) is 11.3. The van der Waals surface area contributed by atoms with E-state index in [1.54, 1.807) is 4.57 Å². The second-order valence-electron chi connectivity index (χ2n) is 6.40. The van der Waals surface area contributed by atoms with E-state index < -0.39 is 0 Å². The van der Waals surface area contributed by atoms with Crippen LogP contribution in [0.3, 0.4) is 0 Å². The molecular formula is C20H21N5O2. The van der Waals surface area contributed by atoms with Crippen molar-refractivity contribution in [3.63, 3.8) is 0 Å². The summed E-state index contributed by atoms with van der Waals surface area (Å²) in [5.41, 5.74) is 7.89. The van der Waals surface area contributed by atoms with Crippen molar-refractivity contribution >= 4 is 27.8 Å². The van der Waals surface area contributed by atoms with Gasteiger partial charge in [-0.25, -0.2) is 0 Å². The second-order valence-corrected chi connectivity index (χ2v) is 6.40. The van der Waals surface area contributed by atoms with Crippen LogP contribution in [0.2, 0.25) is 0 Å². The van der Waals surface area contributed by atoms with Gasteiger partial charge in [-0.2, -0.15) is 15.0 Å². The van der Waals surface area contributed by atoms with Crippen molar-refractivity contribution in [3.05, 3.63) is 48.0 Å². The van der Waals surface area contributed by atoms with Gasteiger partial charge in [0.25, 0.3) is 6.01 Å². The van der Waals surface area contributed by atoms with Crippen molar-refractivity contribution < 1.29 is 9.84 Å². The minimum atomic E-state index is -0.148. The molecule has 4 aromatic rings. The maximum Gasteiger partial charge on any atom is 0.320 e. The van der Waals surface area contributed by atoms with Gasteiger partial charge in [0.15, 0.2) is 17.0 Å². The molecule has 0 saturated carbocycles. The van der Waals surface area contributed by atoms with E-state index in [0.717, 1.165) is 29.2 Å². The number of benzene rings is 2. The van der Waals surface area contributed by atoms with Gasteiger partial charge in [-0.1, -0.05) is 55.8 Å². The molecule has 2 heterocycles. The fourth-order valence-corrected chi connectivity index (χ4v) is 3.11. The van der Waals surface area contributed by atoms with E-state index in [4.69, 9.17) is 10.5 Å². The van der Waals surface area contributed by atoms with Crippen LogP contribution in [0.1, 0.15) is 25.3 Å². The predicted octanol–water partition coefficient (Wildman–Crippen LogP) is 3.49. The molecule has 0 aliphatic carbocycles. The Bertz CT molecular complexity index is 1100. The molecule has 27 heavy (non-hydrogen) atoms. The fourth-order valence-electron chi connectivity index (χ4n) is 3.11. The average molecular weight is 363 g/mol. The Hall–Kier alpha value is -3.35. The SMILES string of the molecule is CCCCOc1nc(N)c2nc(O)n(Cc3cccc4ccccc34)c2n1. The number of fused-ring (bicyclic) bond motifs is 2. The largest absolute Gasteiger partial charge is 0.480 e. The lowest BCUT2D eigenvalue weighted by Crippen LogP contribution is -2.06. The van der Waals surface area contributed by atoms with E-state index in [9.17, 15) is 5.11 Å². The zero-order valence-electron chi connectivity index (χ0n) is 15.1. The summed E-state index contributed by atoms with van der Waals surface area (Å²) in [5, 5.41) is 12.6. The molecule has 0 bridgehead atoms. The summed E-state index contributed by atoms with van der Waals surface area (Å²) in [6.45, 7) is 3.01. The van der Waals surface area contributed by atoms with E-state index in [-0.39, 0.29) is 17.8 Å². The predicted molar refractivity (Wildman–Crippen MR) is 105 cm³/mol. The number of hydrogen-bond donors (Lipinski definition) is 2. The van der Waals surface area contributed by atoms with Gasteiger partial charge >= 0.3 is 6.01 Å². The Morgan fingerprint density at radius 3 is 2.74 bits per heavy atom. The van der Waals surface area contributed by atoms with Crippen molar-refractivity contribution in [2.75, 3.05) is 12.3 Å². The molecule has 2 aromatic carbocycles. The lowest BCUT2D eigenvalue weighted by Gasteiger charge is -2.10. The number of unbranched alkanes of at least 4 members (excludes halogenated alkanes) is 1. The summed E-state index contributed by atoms with van der Waals surface area (Å²) in [6.07, 6.45) is 1.92. The first-order valence-corrected chi connectivity index (χ1v) is 8.99. The third kappa shape index (κ3) is 3.23. The minimum absolute atomic E-state index is 0.148. The van der Waals surface area contributed by atoms with Crippen LogP contribution in [0.4, 0.5) is 5.82 Å². The van der Waals surface area contributed by atoms with Crippen molar-refractivity contribution in [1.29, 1.82) is 0 Å². The molecule has 138 valence electrons. The summed E-state index contributed by atoms with van der Waals surface area (Å²) in [6, 6.07) is 14.3. The molecule has 0 unspecified atom stereocenters. The smallest absolute Gasteiger partial charge is 0.320 e. The number of nitrogen functional groups attached to an aromatic ring is 1. The Balaban J connectivity index is 1.77. The van der Waals surface area contributed by atoms with Gasteiger partial charge in [0.1, 0.15) is 0 Å². The van der Waals surface area contributed by atoms with E-state index in [2.05, 4.69) is 40.1 Å². The first-order chi connectivity index (χ1) is 13.2. The highest BCUT2D eigenvalue weighted by atomic mass is 16.5. The Kier molecular flexibility index (Phi) is 4.50. The number of ether oxygens (including phenoxy) is 1. The lowest BCUT2D eigenvalue weighted by molar-refractivity contribution is 0.286. The zero-order chi connectivity index (χ0) is 18.8. The topological polar surface area (TPSA) is 99.1 Å². The van der Waals surface area contributed by atoms with Gasteiger partial charge in [-0.05, 0) is 22.8 Å². The van der Waals surface area contributed by atoms with Crippen molar-refractivity contribution in [2.45, 2.75) is 26.3 Å². The van der Waals surface area contributed by atoms with Gasteiger partial charge in [-0.15, -0.1) is 0 Å². The first kappa shape index (κ1) is 17.1. The zero-order valence-corrected chi connectivity index (χ0v) is 15.1. The maximum absolute atomic E-state index is 10.4. The highest BCUT2D eigenvalue weighted by molar-refractivity contribution is 5.86. The Morgan fingerprint density at radius 2 is 1.89 bits per heavy atom. The van der Waals surface area contributed by atoms with E-state index in [1.165, 1.54) is 0 Å². The Morgan fingerprint density at radius 1 is 1.07 bits per heavy atom. The molecule has 7 heteroatoms. The third-order valence-corrected chi connectivity index (χ3v) is 4.52. The number of anilines is 1. The fraction of sp³-hybridized carbons (Fsp3) is 0.250. The van der Waals surface area contributed by atoms with Gasteiger partial charge in [0.05, 0.1) is 13.2 Å². The molecule has 7 nitrogen and oxygen atoms in total. The molecule has 0 spiro atoms. The Labute approximate surface area is 156 Å². The summed E-state index contributed by atoms with van der Waals surface area (Å²) in [5.74, 6) is 0.193. The first-order valence-electron chi connectivity index (χ1n) is 8.99. The molecule has 0 saturated heterocycles. The highest BCUT2D eigenvalue weighted by Crippen LogP contribution is 2.27. The third-order valence-electron chi connectivity index (χ3n) is 4.52. The molecule has 0 atom stereocenters. The maximum atomic E-state index is 10.4. The van der Waals surface area contributed by atoms with E-state index in [1.807, 2.05) is 24.3 Å². The van der Waals surface area contributed by atoms with Crippen LogP contribution in [-0.4, -0.2) is 31.2 Å². The molecule has 0 aliphatic rings. The van der Waals surface area contributed by atoms with Crippen LogP contribution >= 0.6 is 0 Å². The van der Waals surface area contributed by atoms with E-state index >= 15 is 0 Å². The summed E-state index contributed by atoms with van der Waals surface area (Å²) >= 11 is 0.